The van der Waals surface area contributed by atoms with Gasteiger partial charge < -0.3 is 4.74 Å². The van der Waals surface area contributed by atoms with E-state index in [0.29, 0.717) is 17.8 Å². The minimum Gasteiger partial charge on any atom is -0.469 e. The zero-order valence-electron chi connectivity index (χ0n) is 11.4. The Bertz CT molecular complexity index is 556. The molecule has 2 rings (SSSR count). The maximum atomic E-state index is 12.4. The van der Waals surface area contributed by atoms with Crippen molar-refractivity contribution in [3.05, 3.63) is 16.6 Å². The Morgan fingerprint density at radius 3 is 2.90 bits per heavy atom. The molecule has 20 heavy (non-hydrogen) atoms. The molecule has 0 saturated heterocycles. The zero-order chi connectivity index (χ0) is 14.8. The van der Waals surface area contributed by atoms with Gasteiger partial charge in [0.05, 0.1) is 24.3 Å². The molecule has 0 aliphatic heterocycles. The number of rotatable bonds is 5. The van der Waals surface area contributed by atoms with Crippen molar-refractivity contribution in [2.24, 2.45) is 5.92 Å². The van der Waals surface area contributed by atoms with Crippen LogP contribution in [-0.4, -0.2) is 31.7 Å². The average molecular weight is 318 g/mol. The van der Waals surface area contributed by atoms with Gasteiger partial charge in [0.1, 0.15) is 5.01 Å². The molecule has 1 aliphatic carbocycles. The molecule has 0 amide bonds. The number of thiazole rings is 1. The minimum absolute atomic E-state index is 0.390. The lowest BCUT2D eigenvalue weighted by atomic mass is 10.1. The third-order valence-corrected chi connectivity index (χ3v) is 6.52. The van der Waals surface area contributed by atoms with Crippen LogP contribution in [-0.2, 0) is 19.6 Å². The summed E-state index contributed by atoms with van der Waals surface area (Å²) in [6.45, 7) is 1.75. The number of carbonyl (C=O) groups is 1. The van der Waals surface area contributed by atoms with Crippen molar-refractivity contribution in [2.75, 3.05) is 7.11 Å². The van der Waals surface area contributed by atoms with E-state index in [0.717, 1.165) is 6.42 Å². The minimum atomic E-state index is -3.57. The number of methoxy groups -OCH3 is 1. The molecule has 0 radical (unpaired) electrons. The smallest absolute Gasteiger partial charge is 0.310 e. The van der Waals surface area contributed by atoms with Gasteiger partial charge in [0.25, 0.3) is 0 Å². The molecule has 1 aromatic rings. The van der Waals surface area contributed by atoms with Gasteiger partial charge in [0.2, 0.25) is 10.0 Å². The lowest BCUT2D eigenvalue weighted by Crippen LogP contribution is -2.40. The number of hydrogen-bond acceptors (Lipinski definition) is 6. The third kappa shape index (κ3) is 3.18. The van der Waals surface area contributed by atoms with Crippen LogP contribution < -0.4 is 4.72 Å². The largest absolute Gasteiger partial charge is 0.469 e. The maximum absolute atomic E-state index is 12.4. The summed E-state index contributed by atoms with van der Waals surface area (Å²) in [5.41, 5.74) is 0. The second kappa shape index (κ2) is 6.19. The van der Waals surface area contributed by atoms with E-state index < -0.39 is 27.2 Å². The van der Waals surface area contributed by atoms with Crippen LogP contribution in [0.15, 0.2) is 11.6 Å². The molecule has 1 heterocycles. The first-order valence-electron chi connectivity index (χ1n) is 6.44. The lowest BCUT2D eigenvalue weighted by molar-refractivity contribution is -0.145. The van der Waals surface area contributed by atoms with E-state index >= 15 is 0 Å². The van der Waals surface area contributed by atoms with Crippen LogP contribution in [0.25, 0.3) is 0 Å². The van der Waals surface area contributed by atoms with Gasteiger partial charge in [-0.05, 0) is 19.8 Å². The Morgan fingerprint density at radius 1 is 1.55 bits per heavy atom. The molecule has 3 atom stereocenters. The molecule has 0 aromatic carbocycles. The number of sulfonamides is 1. The molecule has 0 bridgehead atoms. The molecule has 1 aromatic heterocycles. The standard InChI is InChI=1S/C12H18N2O4S2/c1-8(11-13-6-7-19-11)14-20(16,17)10-5-3-4-9(10)12(15)18-2/h6-10,14H,3-5H2,1-2H3. The Hall–Kier alpha value is -0.990. The van der Waals surface area contributed by atoms with Crippen molar-refractivity contribution in [3.8, 4) is 0 Å². The van der Waals surface area contributed by atoms with Crippen LogP contribution in [0.5, 0.6) is 0 Å². The van der Waals surface area contributed by atoms with Crippen LogP contribution in [0.2, 0.25) is 0 Å². The molecule has 1 N–H and O–H groups in total. The Labute approximate surface area is 122 Å². The third-order valence-electron chi connectivity index (χ3n) is 3.52. The molecular formula is C12H18N2O4S2. The first-order chi connectivity index (χ1) is 9.45. The second-order valence-electron chi connectivity index (χ2n) is 4.85. The summed E-state index contributed by atoms with van der Waals surface area (Å²) in [4.78, 5) is 15.8. The molecular weight excluding hydrogens is 300 g/mol. The molecule has 1 saturated carbocycles. The Kier molecular flexibility index (Phi) is 4.77. The van der Waals surface area contributed by atoms with Crippen molar-refractivity contribution in [3.63, 3.8) is 0 Å². The van der Waals surface area contributed by atoms with E-state index in [1.54, 1.807) is 18.5 Å². The topological polar surface area (TPSA) is 85.4 Å². The summed E-state index contributed by atoms with van der Waals surface area (Å²) in [5.74, 6) is -1.01. The first-order valence-corrected chi connectivity index (χ1v) is 8.86. The van der Waals surface area contributed by atoms with Gasteiger partial charge in [-0.25, -0.2) is 18.1 Å². The normalized spacial score (nSPS) is 24.5. The van der Waals surface area contributed by atoms with Gasteiger partial charge in [-0.2, -0.15) is 0 Å². The predicted molar refractivity (Wildman–Crippen MR) is 75.7 cm³/mol. The number of aromatic nitrogens is 1. The van der Waals surface area contributed by atoms with Gasteiger partial charge in [0.15, 0.2) is 0 Å². The van der Waals surface area contributed by atoms with Crippen molar-refractivity contribution >= 4 is 27.3 Å². The molecule has 112 valence electrons. The second-order valence-corrected chi connectivity index (χ2v) is 7.71. The van der Waals surface area contributed by atoms with Crippen molar-refractivity contribution in [2.45, 2.75) is 37.5 Å². The highest BCUT2D eigenvalue weighted by atomic mass is 32.2. The predicted octanol–water partition coefficient (Wildman–Crippen LogP) is 1.47. The van der Waals surface area contributed by atoms with Crippen LogP contribution in [0.4, 0.5) is 0 Å². The van der Waals surface area contributed by atoms with Gasteiger partial charge >= 0.3 is 5.97 Å². The van der Waals surface area contributed by atoms with Gasteiger partial charge in [-0.1, -0.05) is 6.42 Å². The quantitative estimate of drug-likeness (QED) is 0.831. The molecule has 0 spiro atoms. The summed E-state index contributed by atoms with van der Waals surface area (Å²) in [7, 11) is -2.29. The van der Waals surface area contributed by atoms with Crippen LogP contribution in [0, 0.1) is 5.92 Å². The molecule has 3 unspecified atom stereocenters. The monoisotopic (exact) mass is 318 g/mol. The van der Waals surface area contributed by atoms with Gasteiger partial charge in [-0.3, -0.25) is 4.79 Å². The molecule has 6 nitrogen and oxygen atoms in total. The highest BCUT2D eigenvalue weighted by molar-refractivity contribution is 7.90. The van der Waals surface area contributed by atoms with Crippen molar-refractivity contribution in [1.29, 1.82) is 0 Å². The van der Waals surface area contributed by atoms with Crippen molar-refractivity contribution in [1.82, 2.24) is 9.71 Å². The number of nitrogens with one attached hydrogen (secondary N) is 1. The van der Waals surface area contributed by atoms with E-state index in [2.05, 4.69) is 9.71 Å². The molecule has 1 fully saturated rings. The zero-order valence-corrected chi connectivity index (χ0v) is 13.0. The van der Waals surface area contributed by atoms with E-state index in [4.69, 9.17) is 4.74 Å². The number of hydrogen-bond donors (Lipinski definition) is 1. The van der Waals surface area contributed by atoms with E-state index in [1.165, 1.54) is 18.4 Å². The fraction of sp³-hybridized carbons (Fsp3) is 0.667. The Balaban J connectivity index is 2.11. The number of carbonyl (C=O) groups excluding carboxylic acids is 1. The molecule has 1 aliphatic rings. The fourth-order valence-corrected chi connectivity index (χ4v) is 5.21. The Morgan fingerprint density at radius 2 is 2.30 bits per heavy atom. The number of esters is 1. The van der Waals surface area contributed by atoms with Gasteiger partial charge in [0, 0.05) is 11.6 Å². The SMILES string of the molecule is COC(=O)C1CCCC1S(=O)(=O)NC(C)c1nccs1. The van der Waals surface area contributed by atoms with E-state index in [1.807, 2.05) is 0 Å². The lowest BCUT2D eigenvalue weighted by Gasteiger charge is -2.20. The first kappa shape index (κ1) is 15.4. The maximum Gasteiger partial charge on any atom is 0.310 e. The summed E-state index contributed by atoms with van der Waals surface area (Å²) >= 11 is 1.40. The number of ether oxygens (including phenoxy) is 1. The van der Waals surface area contributed by atoms with Crippen molar-refractivity contribution < 1.29 is 17.9 Å². The van der Waals surface area contributed by atoms with E-state index in [-0.39, 0.29) is 6.04 Å². The molecule has 8 heteroatoms. The van der Waals surface area contributed by atoms with Crippen LogP contribution in [0.1, 0.15) is 37.2 Å². The van der Waals surface area contributed by atoms with E-state index in [9.17, 15) is 13.2 Å². The van der Waals surface area contributed by atoms with Gasteiger partial charge in [-0.15, -0.1) is 11.3 Å². The summed E-state index contributed by atoms with van der Waals surface area (Å²) in [5, 5.41) is 1.80. The highest BCUT2D eigenvalue weighted by Gasteiger charge is 2.42. The summed E-state index contributed by atoms with van der Waals surface area (Å²) in [6.07, 6.45) is 3.40. The fourth-order valence-electron chi connectivity index (χ4n) is 2.55. The number of nitrogens with zero attached hydrogens (tertiary/aromatic N) is 1. The average Bonchev–Trinajstić information content (AvgIpc) is 3.08. The summed E-state index contributed by atoms with van der Waals surface area (Å²) < 4.78 is 32.2. The highest BCUT2D eigenvalue weighted by Crippen LogP contribution is 2.32. The van der Waals surface area contributed by atoms with Crippen LogP contribution in [0.3, 0.4) is 0 Å². The van der Waals surface area contributed by atoms with Crippen LogP contribution >= 0.6 is 11.3 Å². The summed E-state index contributed by atoms with van der Waals surface area (Å²) in [6, 6.07) is -0.390.